The van der Waals surface area contributed by atoms with Gasteiger partial charge in [0.15, 0.2) is 0 Å². The van der Waals surface area contributed by atoms with E-state index < -0.39 is 0 Å². The normalized spacial score (nSPS) is 13.0. The number of aromatic nitrogens is 2. The molecule has 96 valence electrons. The number of benzene rings is 1. The topological polar surface area (TPSA) is 43.8 Å². The van der Waals surface area contributed by atoms with E-state index in [1.807, 2.05) is 18.6 Å². The molecule has 0 aliphatic rings. The lowest BCUT2D eigenvalue weighted by Crippen LogP contribution is -2.20. The molecule has 0 bridgehead atoms. The lowest BCUT2D eigenvalue weighted by Gasteiger charge is -2.19. The summed E-state index contributed by atoms with van der Waals surface area (Å²) >= 11 is 3.48. The summed E-state index contributed by atoms with van der Waals surface area (Å²) < 4.78 is 3.16. The van der Waals surface area contributed by atoms with Gasteiger partial charge in [-0.3, -0.25) is 0 Å². The van der Waals surface area contributed by atoms with Crippen LogP contribution < -0.4 is 5.73 Å². The average molecular weight is 308 g/mol. The van der Waals surface area contributed by atoms with Crippen molar-refractivity contribution in [3.63, 3.8) is 0 Å². The molecule has 1 unspecified atom stereocenters. The number of imidazole rings is 1. The SMILES string of the molecule is Cc1cc(Br)ccc1-n1cncc1C(N)C(C)C. The maximum Gasteiger partial charge on any atom is 0.0994 e. The fourth-order valence-electron chi connectivity index (χ4n) is 1.98. The van der Waals surface area contributed by atoms with Crippen LogP contribution in [0.4, 0.5) is 0 Å². The Kier molecular flexibility index (Phi) is 3.88. The second-order valence-electron chi connectivity index (χ2n) is 4.89. The van der Waals surface area contributed by atoms with Crippen molar-refractivity contribution in [3.05, 3.63) is 46.5 Å². The molecule has 0 radical (unpaired) electrons. The molecule has 3 nitrogen and oxygen atoms in total. The molecule has 2 rings (SSSR count). The molecule has 2 aromatic rings. The quantitative estimate of drug-likeness (QED) is 0.941. The number of aryl methyl sites for hydroxylation is 1. The van der Waals surface area contributed by atoms with Gasteiger partial charge in [0.1, 0.15) is 0 Å². The molecule has 4 heteroatoms. The van der Waals surface area contributed by atoms with Crippen LogP contribution in [0.5, 0.6) is 0 Å². The standard InChI is InChI=1S/C14H18BrN3/c1-9(2)14(16)13-7-17-8-18(13)12-5-4-11(15)6-10(12)3/h4-9,14H,16H2,1-3H3. The molecule has 0 aliphatic heterocycles. The lowest BCUT2D eigenvalue weighted by molar-refractivity contribution is 0.497. The van der Waals surface area contributed by atoms with Crippen LogP contribution in [0.15, 0.2) is 35.2 Å². The highest BCUT2D eigenvalue weighted by atomic mass is 79.9. The van der Waals surface area contributed by atoms with Crippen LogP contribution in [0.3, 0.4) is 0 Å². The summed E-state index contributed by atoms with van der Waals surface area (Å²) in [6.45, 7) is 6.33. The molecule has 1 heterocycles. The van der Waals surface area contributed by atoms with Gasteiger partial charge in [-0.25, -0.2) is 4.98 Å². The second-order valence-corrected chi connectivity index (χ2v) is 5.80. The van der Waals surface area contributed by atoms with Gasteiger partial charge < -0.3 is 10.3 Å². The highest BCUT2D eigenvalue weighted by molar-refractivity contribution is 9.10. The molecule has 1 aromatic heterocycles. The molecule has 0 aliphatic carbocycles. The Morgan fingerprint density at radius 1 is 1.33 bits per heavy atom. The van der Waals surface area contributed by atoms with Crippen molar-refractivity contribution in [2.45, 2.75) is 26.8 Å². The molecule has 0 saturated carbocycles. The zero-order valence-corrected chi connectivity index (χ0v) is 12.5. The number of halogens is 1. The second kappa shape index (κ2) is 5.24. The van der Waals surface area contributed by atoms with Crippen molar-refractivity contribution in [2.24, 2.45) is 11.7 Å². The third kappa shape index (κ3) is 2.49. The Hall–Kier alpha value is -1.13. The van der Waals surface area contributed by atoms with Gasteiger partial charge in [0, 0.05) is 16.2 Å². The van der Waals surface area contributed by atoms with E-state index in [-0.39, 0.29) is 6.04 Å². The van der Waals surface area contributed by atoms with Gasteiger partial charge in [0.25, 0.3) is 0 Å². The molecule has 18 heavy (non-hydrogen) atoms. The van der Waals surface area contributed by atoms with E-state index in [0.29, 0.717) is 5.92 Å². The van der Waals surface area contributed by atoms with Gasteiger partial charge in [-0.1, -0.05) is 29.8 Å². The number of nitrogens with two attached hydrogens (primary N) is 1. The monoisotopic (exact) mass is 307 g/mol. The third-order valence-electron chi connectivity index (χ3n) is 3.15. The first kappa shape index (κ1) is 13.3. The summed E-state index contributed by atoms with van der Waals surface area (Å²) in [6.07, 6.45) is 3.68. The lowest BCUT2D eigenvalue weighted by atomic mass is 10.0. The molecule has 0 amide bonds. The largest absolute Gasteiger partial charge is 0.322 e. The molecule has 1 atom stereocenters. The van der Waals surface area contributed by atoms with E-state index in [2.05, 4.69) is 58.4 Å². The van der Waals surface area contributed by atoms with Crippen molar-refractivity contribution in [3.8, 4) is 5.69 Å². The van der Waals surface area contributed by atoms with E-state index in [9.17, 15) is 0 Å². The van der Waals surface area contributed by atoms with Gasteiger partial charge in [0.2, 0.25) is 0 Å². The fraction of sp³-hybridized carbons (Fsp3) is 0.357. The molecular formula is C14H18BrN3. The highest BCUT2D eigenvalue weighted by Crippen LogP contribution is 2.25. The van der Waals surface area contributed by atoms with Crippen LogP contribution in [-0.4, -0.2) is 9.55 Å². The molecule has 1 aromatic carbocycles. The van der Waals surface area contributed by atoms with Crippen LogP contribution in [0, 0.1) is 12.8 Å². The minimum atomic E-state index is -0.00412. The molecule has 0 spiro atoms. The molecule has 2 N–H and O–H groups in total. The predicted octanol–water partition coefficient (Wildman–Crippen LogP) is 3.60. The van der Waals surface area contributed by atoms with E-state index in [4.69, 9.17) is 5.73 Å². The van der Waals surface area contributed by atoms with E-state index in [1.165, 1.54) is 5.56 Å². The van der Waals surface area contributed by atoms with Crippen molar-refractivity contribution in [1.29, 1.82) is 0 Å². The Labute approximate surface area is 116 Å². The maximum atomic E-state index is 6.23. The first-order valence-electron chi connectivity index (χ1n) is 6.05. The Morgan fingerprint density at radius 2 is 2.06 bits per heavy atom. The number of hydrogen-bond donors (Lipinski definition) is 1. The van der Waals surface area contributed by atoms with Gasteiger partial charge in [-0.15, -0.1) is 0 Å². The first-order chi connectivity index (χ1) is 8.50. The van der Waals surface area contributed by atoms with Crippen LogP contribution >= 0.6 is 15.9 Å². The third-order valence-corrected chi connectivity index (χ3v) is 3.64. The van der Waals surface area contributed by atoms with Crippen molar-refractivity contribution < 1.29 is 0 Å². The van der Waals surface area contributed by atoms with Crippen LogP contribution in [0.25, 0.3) is 5.69 Å². The first-order valence-corrected chi connectivity index (χ1v) is 6.84. The molecule has 0 fully saturated rings. The van der Waals surface area contributed by atoms with Crippen molar-refractivity contribution >= 4 is 15.9 Å². The summed E-state index contributed by atoms with van der Waals surface area (Å²) in [7, 11) is 0. The van der Waals surface area contributed by atoms with E-state index in [1.54, 1.807) is 0 Å². The Bertz CT molecular complexity index is 546. The molecule has 0 saturated heterocycles. The highest BCUT2D eigenvalue weighted by Gasteiger charge is 2.16. The summed E-state index contributed by atoms with van der Waals surface area (Å²) in [5.41, 5.74) is 9.60. The summed E-state index contributed by atoms with van der Waals surface area (Å²) in [5, 5.41) is 0. The van der Waals surface area contributed by atoms with Gasteiger partial charge >= 0.3 is 0 Å². The smallest absolute Gasteiger partial charge is 0.0994 e. The maximum absolute atomic E-state index is 6.23. The van der Waals surface area contributed by atoms with Crippen molar-refractivity contribution in [1.82, 2.24) is 9.55 Å². The minimum absolute atomic E-state index is 0.00412. The minimum Gasteiger partial charge on any atom is -0.322 e. The zero-order chi connectivity index (χ0) is 13.3. The van der Waals surface area contributed by atoms with Gasteiger partial charge in [0.05, 0.1) is 18.2 Å². The zero-order valence-electron chi connectivity index (χ0n) is 10.9. The fourth-order valence-corrected chi connectivity index (χ4v) is 2.46. The van der Waals surface area contributed by atoms with Crippen LogP contribution in [0.2, 0.25) is 0 Å². The number of nitrogens with zero attached hydrogens (tertiary/aromatic N) is 2. The van der Waals surface area contributed by atoms with Crippen molar-refractivity contribution in [2.75, 3.05) is 0 Å². The van der Waals surface area contributed by atoms with Crippen LogP contribution in [-0.2, 0) is 0 Å². The summed E-state index contributed by atoms with van der Waals surface area (Å²) in [4.78, 5) is 4.24. The predicted molar refractivity (Wildman–Crippen MR) is 77.8 cm³/mol. The van der Waals surface area contributed by atoms with E-state index in [0.717, 1.165) is 15.9 Å². The van der Waals surface area contributed by atoms with Crippen LogP contribution in [0.1, 0.15) is 31.1 Å². The molecular weight excluding hydrogens is 290 g/mol. The number of hydrogen-bond acceptors (Lipinski definition) is 2. The summed E-state index contributed by atoms with van der Waals surface area (Å²) in [6, 6.07) is 6.21. The van der Waals surface area contributed by atoms with Gasteiger partial charge in [-0.2, -0.15) is 0 Å². The summed E-state index contributed by atoms with van der Waals surface area (Å²) in [5.74, 6) is 0.385. The van der Waals surface area contributed by atoms with Gasteiger partial charge in [-0.05, 0) is 36.6 Å². The average Bonchev–Trinajstić information content (AvgIpc) is 2.76. The Balaban J connectivity index is 2.49. The Morgan fingerprint density at radius 3 is 2.67 bits per heavy atom. The number of rotatable bonds is 3. The van der Waals surface area contributed by atoms with E-state index >= 15 is 0 Å².